The minimum absolute atomic E-state index is 0.0249. The van der Waals surface area contributed by atoms with Crippen LogP contribution in [0.15, 0.2) is 42.6 Å². The van der Waals surface area contributed by atoms with E-state index in [9.17, 15) is 9.59 Å². The number of pyridine rings is 1. The maximum Gasteiger partial charge on any atom is 0.260 e. The molecule has 7 nitrogen and oxygen atoms in total. The van der Waals surface area contributed by atoms with Crippen molar-refractivity contribution in [2.75, 3.05) is 26.3 Å². The molecule has 1 saturated heterocycles. The number of piperidine rings is 1. The van der Waals surface area contributed by atoms with Crippen molar-refractivity contribution < 1.29 is 19.1 Å². The summed E-state index contributed by atoms with van der Waals surface area (Å²) < 4.78 is 11.4. The fourth-order valence-corrected chi connectivity index (χ4v) is 3.40. The van der Waals surface area contributed by atoms with Gasteiger partial charge in [0.15, 0.2) is 18.1 Å². The first-order valence-electron chi connectivity index (χ1n) is 10.5. The van der Waals surface area contributed by atoms with Crippen LogP contribution < -0.4 is 14.8 Å². The second-order valence-corrected chi connectivity index (χ2v) is 7.27. The van der Waals surface area contributed by atoms with Gasteiger partial charge >= 0.3 is 0 Å². The summed E-state index contributed by atoms with van der Waals surface area (Å²) in [4.78, 5) is 31.1. The van der Waals surface area contributed by atoms with Crippen LogP contribution >= 0.6 is 0 Å². The fourth-order valence-electron chi connectivity index (χ4n) is 3.40. The lowest BCUT2D eigenvalue weighted by Gasteiger charge is -2.26. The second kappa shape index (κ2) is 10.6. The summed E-state index contributed by atoms with van der Waals surface area (Å²) in [6.07, 6.45) is 4.94. The number of ether oxygens (including phenoxy) is 2. The number of nitrogens with one attached hydrogen (secondary N) is 1. The molecule has 1 aromatic carbocycles. The van der Waals surface area contributed by atoms with Gasteiger partial charge in [0.2, 0.25) is 0 Å². The van der Waals surface area contributed by atoms with Crippen LogP contribution in [0.3, 0.4) is 0 Å². The van der Waals surface area contributed by atoms with Crippen molar-refractivity contribution in [1.82, 2.24) is 15.2 Å². The Morgan fingerprint density at radius 3 is 2.60 bits per heavy atom. The number of likely N-dealkylation sites (tertiary alicyclic amines) is 1. The van der Waals surface area contributed by atoms with Crippen LogP contribution in [-0.4, -0.2) is 48.0 Å². The molecule has 2 aromatic rings. The predicted molar refractivity (Wildman–Crippen MR) is 114 cm³/mol. The molecule has 1 aliphatic heterocycles. The van der Waals surface area contributed by atoms with Gasteiger partial charge in [-0.1, -0.05) is 6.07 Å². The summed E-state index contributed by atoms with van der Waals surface area (Å²) in [5.41, 5.74) is 1.24. The molecule has 1 atom stereocenters. The van der Waals surface area contributed by atoms with Gasteiger partial charge in [-0.3, -0.25) is 14.6 Å². The number of aromatic nitrogens is 1. The van der Waals surface area contributed by atoms with E-state index in [0.29, 0.717) is 23.7 Å². The number of rotatable bonds is 8. The van der Waals surface area contributed by atoms with E-state index in [1.165, 1.54) is 6.42 Å². The molecule has 2 heterocycles. The van der Waals surface area contributed by atoms with Crippen molar-refractivity contribution in [3.05, 3.63) is 53.9 Å². The average Bonchev–Trinajstić information content (AvgIpc) is 2.79. The van der Waals surface area contributed by atoms with Gasteiger partial charge in [0.25, 0.3) is 11.8 Å². The highest BCUT2D eigenvalue weighted by atomic mass is 16.5. The first-order chi connectivity index (χ1) is 14.6. The van der Waals surface area contributed by atoms with Crippen LogP contribution in [0.5, 0.6) is 11.5 Å². The summed E-state index contributed by atoms with van der Waals surface area (Å²) in [5, 5.41) is 2.94. The molecule has 1 aromatic heterocycles. The SMILES string of the molecule is CCOc1cc(C(=O)NC(C)c2ccccn2)ccc1OCC(=O)N1CCCCC1. The van der Waals surface area contributed by atoms with Crippen LogP contribution in [0, 0.1) is 0 Å². The Morgan fingerprint density at radius 1 is 1.10 bits per heavy atom. The van der Waals surface area contributed by atoms with E-state index >= 15 is 0 Å². The van der Waals surface area contributed by atoms with Crippen LogP contribution in [0.4, 0.5) is 0 Å². The molecule has 3 rings (SSSR count). The lowest BCUT2D eigenvalue weighted by molar-refractivity contribution is -0.134. The highest BCUT2D eigenvalue weighted by Crippen LogP contribution is 2.29. The second-order valence-electron chi connectivity index (χ2n) is 7.27. The highest BCUT2D eigenvalue weighted by Gasteiger charge is 2.19. The van der Waals surface area contributed by atoms with E-state index in [2.05, 4.69) is 10.3 Å². The summed E-state index contributed by atoms with van der Waals surface area (Å²) in [5.74, 6) is 0.645. The van der Waals surface area contributed by atoms with E-state index < -0.39 is 0 Å². The Hall–Kier alpha value is -3.09. The summed E-state index contributed by atoms with van der Waals surface area (Å²) in [6, 6.07) is 10.3. The molecule has 160 valence electrons. The van der Waals surface area contributed by atoms with Crippen LogP contribution in [0.2, 0.25) is 0 Å². The average molecular weight is 412 g/mol. The molecule has 2 amide bonds. The molecule has 0 bridgehead atoms. The number of nitrogens with zero attached hydrogens (tertiary/aromatic N) is 2. The molecular weight excluding hydrogens is 382 g/mol. The van der Waals surface area contributed by atoms with Crippen molar-refractivity contribution in [1.29, 1.82) is 0 Å². The smallest absolute Gasteiger partial charge is 0.260 e. The van der Waals surface area contributed by atoms with Gasteiger partial charge in [-0.05, 0) is 63.4 Å². The number of carbonyl (C=O) groups excluding carboxylic acids is 2. The topological polar surface area (TPSA) is 80.8 Å². The van der Waals surface area contributed by atoms with Gasteiger partial charge in [-0.15, -0.1) is 0 Å². The van der Waals surface area contributed by atoms with Gasteiger partial charge in [0.05, 0.1) is 18.3 Å². The third-order valence-corrected chi connectivity index (χ3v) is 5.04. The molecule has 0 aliphatic carbocycles. The molecule has 0 saturated carbocycles. The molecular formula is C23H29N3O4. The molecule has 0 spiro atoms. The Kier molecular flexibility index (Phi) is 7.65. The van der Waals surface area contributed by atoms with Crippen molar-refractivity contribution in [2.24, 2.45) is 0 Å². The van der Waals surface area contributed by atoms with E-state index in [-0.39, 0.29) is 24.5 Å². The quantitative estimate of drug-likeness (QED) is 0.720. The first kappa shape index (κ1) is 21.6. The lowest BCUT2D eigenvalue weighted by atomic mass is 10.1. The normalized spacial score (nSPS) is 14.7. The Balaban J connectivity index is 1.65. The number of hydrogen-bond acceptors (Lipinski definition) is 5. The van der Waals surface area contributed by atoms with Gasteiger partial charge < -0.3 is 19.7 Å². The lowest BCUT2D eigenvalue weighted by Crippen LogP contribution is -2.38. The van der Waals surface area contributed by atoms with Crippen LogP contribution in [0.25, 0.3) is 0 Å². The summed E-state index contributed by atoms with van der Waals surface area (Å²) >= 11 is 0. The number of amides is 2. The number of benzene rings is 1. The largest absolute Gasteiger partial charge is 0.490 e. The summed E-state index contributed by atoms with van der Waals surface area (Å²) in [7, 11) is 0. The minimum Gasteiger partial charge on any atom is -0.490 e. The molecule has 7 heteroatoms. The maximum atomic E-state index is 12.7. The summed E-state index contributed by atoms with van der Waals surface area (Å²) in [6.45, 7) is 5.70. The molecule has 1 unspecified atom stereocenters. The Morgan fingerprint density at radius 2 is 1.90 bits per heavy atom. The van der Waals surface area contributed by atoms with Crippen molar-refractivity contribution in [3.8, 4) is 11.5 Å². The third kappa shape index (κ3) is 5.72. The van der Waals surface area contributed by atoms with Crippen LogP contribution in [-0.2, 0) is 4.79 Å². The van der Waals surface area contributed by atoms with Gasteiger partial charge in [-0.25, -0.2) is 0 Å². The standard InChI is InChI=1S/C23H29N3O4/c1-3-29-21-15-18(23(28)25-17(2)19-9-5-6-12-24-19)10-11-20(21)30-16-22(27)26-13-7-4-8-14-26/h5-6,9-12,15,17H,3-4,7-8,13-14,16H2,1-2H3,(H,25,28). The zero-order valence-electron chi connectivity index (χ0n) is 17.6. The van der Waals surface area contributed by atoms with Gasteiger partial charge in [0, 0.05) is 24.8 Å². The van der Waals surface area contributed by atoms with Gasteiger partial charge in [-0.2, -0.15) is 0 Å². The Bertz CT molecular complexity index is 851. The molecule has 1 N–H and O–H groups in total. The number of carbonyl (C=O) groups is 2. The first-order valence-corrected chi connectivity index (χ1v) is 10.5. The third-order valence-electron chi connectivity index (χ3n) is 5.04. The molecule has 1 aliphatic rings. The zero-order valence-corrected chi connectivity index (χ0v) is 17.6. The van der Waals surface area contributed by atoms with Crippen molar-refractivity contribution in [2.45, 2.75) is 39.2 Å². The van der Waals surface area contributed by atoms with E-state index in [1.807, 2.05) is 36.9 Å². The predicted octanol–water partition coefficient (Wildman–Crippen LogP) is 3.36. The molecule has 0 radical (unpaired) electrons. The van der Waals surface area contributed by atoms with Gasteiger partial charge in [0.1, 0.15) is 0 Å². The highest BCUT2D eigenvalue weighted by molar-refractivity contribution is 5.95. The zero-order chi connectivity index (χ0) is 21.3. The monoisotopic (exact) mass is 411 g/mol. The number of hydrogen-bond donors (Lipinski definition) is 1. The maximum absolute atomic E-state index is 12.7. The van der Waals surface area contributed by atoms with Crippen LogP contribution in [0.1, 0.15) is 55.2 Å². The van der Waals surface area contributed by atoms with E-state index in [4.69, 9.17) is 9.47 Å². The molecule has 30 heavy (non-hydrogen) atoms. The van der Waals surface area contributed by atoms with Crippen molar-refractivity contribution in [3.63, 3.8) is 0 Å². The molecule has 1 fully saturated rings. The van der Waals surface area contributed by atoms with Crippen molar-refractivity contribution >= 4 is 11.8 Å². The fraction of sp³-hybridized carbons (Fsp3) is 0.435. The van der Waals surface area contributed by atoms with E-state index in [1.54, 1.807) is 24.4 Å². The Labute approximate surface area is 177 Å². The van der Waals surface area contributed by atoms with E-state index in [0.717, 1.165) is 31.6 Å². The minimum atomic E-state index is -0.231.